The minimum absolute atomic E-state index is 0.00833. The molecule has 0 aliphatic heterocycles. The summed E-state index contributed by atoms with van der Waals surface area (Å²) in [5.74, 6) is -1.75. The van der Waals surface area contributed by atoms with Gasteiger partial charge in [0.05, 0.1) is 11.3 Å². The molecule has 1 aromatic rings. The molecule has 0 unspecified atom stereocenters. The lowest BCUT2D eigenvalue weighted by atomic mass is 10.1. The molecule has 1 rings (SSSR count). The second-order valence-corrected chi connectivity index (χ2v) is 4.56. The van der Waals surface area contributed by atoms with Crippen molar-refractivity contribution in [1.82, 2.24) is 0 Å². The van der Waals surface area contributed by atoms with Crippen LogP contribution in [0.1, 0.15) is 30.6 Å². The van der Waals surface area contributed by atoms with Crippen LogP contribution in [0.3, 0.4) is 0 Å². The van der Waals surface area contributed by atoms with E-state index in [-0.39, 0.29) is 29.6 Å². The minimum Gasteiger partial charge on any atom is -0.478 e. The molecule has 4 N–H and O–H groups in total. The van der Waals surface area contributed by atoms with Gasteiger partial charge in [0.15, 0.2) is 0 Å². The molecule has 0 radical (unpaired) electrons. The fourth-order valence-electron chi connectivity index (χ4n) is 1.88. The molecule has 19 heavy (non-hydrogen) atoms. The Bertz CT molecular complexity index is 463. The predicted octanol–water partition coefficient (Wildman–Crippen LogP) is 1.70. The Hall–Kier alpha value is -1.82. The number of halogens is 1. The molecule has 5 nitrogen and oxygen atoms in total. The molecule has 0 spiro atoms. The summed E-state index contributed by atoms with van der Waals surface area (Å²) in [5, 5.41) is 17.9. The number of aromatic carboxylic acids is 1. The predicted molar refractivity (Wildman–Crippen MR) is 72.0 cm³/mol. The number of nitrogens with zero attached hydrogens (tertiary/aromatic N) is 1. The topological polar surface area (TPSA) is 86.8 Å². The van der Waals surface area contributed by atoms with E-state index >= 15 is 0 Å². The van der Waals surface area contributed by atoms with Gasteiger partial charge in [-0.25, -0.2) is 9.18 Å². The zero-order chi connectivity index (χ0) is 14.6. The molecule has 0 aliphatic carbocycles. The average molecular weight is 270 g/mol. The van der Waals surface area contributed by atoms with E-state index in [1.54, 1.807) is 4.90 Å². The second kappa shape index (κ2) is 6.38. The number of rotatable bonds is 6. The van der Waals surface area contributed by atoms with Gasteiger partial charge in [-0.15, -0.1) is 0 Å². The van der Waals surface area contributed by atoms with Crippen molar-refractivity contribution in [2.24, 2.45) is 0 Å². The summed E-state index contributed by atoms with van der Waals surface area (Å²) in [6, 6.07) is 2.24. The van der Waals surface area contributed by atoms with Gasteiger partial charge in [-0.3, -0.25) is 0 Å². The zero-order valence-corrected chi connectivity index (χ0v) is 11.1. The van der Waals surface area contributed by atoms with Crippen LogP contribution >= 0.6 is 0 Å². The van der Waals surface area contributed by atoms with Crippen molar-refractivity contribution in [1.29, 1.82) is 0 Å². The van der Waals surface area contributed by atoms with Crippen molar-refractivity contribution in [3.8, 4) is 0 Å². The van der Waals surface area contributed by atoms with Gasteiger partial charge in [0.1, 0.15) is 5.82 Å². The van der Waals surface area contributed by atoms with Crippen molar-refractivity contribution >= 4 is 17.3 Å². The van der Waals surface area contributed by atoms with Crippen molar-refractivity contribution in [3.63, 3.8) is 0 Å². The summed E-state index contributed by atoms with van der Waals surface area (Å²) in [7, 11) is 0. The molecule has 0 fully saturated rings. The highest BCUT2D eigenvalue weighted by Gasteiger charge is 2.19. The smallest absolute Gasteiger partial charge is 0.337 e. The molecular formula is C13H19FN2O3. The van der Waals surface area contributed by atoms with Gasteiger partial charge in [-0.05, 0) is 32.4 Å². The highest BCUT2D eigenvalue weighted by molar-refractivity contribution is 5.95. The van der Waals surface area contributed by atoms with E-state index < -0.39 is 11.8 Å². The standard InChI is InChI=1S/C13H19FN2O3/c1-8(2)16(4-3-5-17)12-6-9(13(18)19)11(15)7-10(12)14/h6-8,17H,3-5,15H2,1-2H3,(H,18,19). The molecule has 0 bridgehead atoms. The first-order chi connectivity index (χ1) is 8.88. The van der Waals surface area contributed by atoms with E-state index in [9.17, 15) is 9.18 Å². The van der Waals surface area contributed by atoms with E-state index in [2.05, 4.69) is 0 Å². The third-order valence-electron chi connectivity index (χ3n) is 2.84. The van der Waals surface area contributed by atoms with E-state index in [1.165, 1.54) is 6.07 Å². The van der Waals surface area contributed by atoms with Gasteiger partial charge < -0.3 is 20.8 Å². The Morgan fingerprint density at radius 2 is 2.11 bits per heavy atom. The summed E-state index contributed by atoms with van der Waals surface area (Å²) in [6.07, 6.45) is 0.477. The molecule has 6 heteroatoms. The summed E-state index contributed by atoms with van der Waals surface area (Å²) < 4.78 is 14.0. The van der Waals surface area contributed by atoms with Crippen LogP contribution in [0.4, 0.5) is 15.8 Å². The maximum atomic E-state index is 14.0. The number of benzene rings is 1. The molecule has 0 saturated carbocycles. The third kappa shape index (κ3) is 3.57. The third-order valence-corrected chi connectivity index (χ3v) is 2.84. The van der Waals surface area contributed by atoms with Crippen LogP contribution in [0.5, 0.6) is 0 Å². The van der Waals surface area contributed by atoms with Gasteiger partial charge >= 0.3 is 5.97 Å². The van der Waals surface area contributed by atoms with Crippen LogP contribution < -0.4 is 10.6 Å². The van der Waals surface area contributed by atoms with Crippen molar-refractivity contribution in [2.75, 3.05) is 23.8 Å². The number of carbonyl (C=O) groups is 1. The summed E-state index contributed by atoms with van der Waals surface area (Å²) in [4.78, 5) is 12.7. The molecule has 0 aromatic heterocycles. The van der Waals surface area contributed by atoms with Crippen molar-refractivity contribution in [3.05, 3.63) is 23.5 Å². The fraction of sp³-hybridized carbons (Fsp3) is 0.462. The number of hydrogen-bond donors (Lipinski definition) is 3. The van der Waals surface area contributed by atoms with E-state index in [0.717, 1.165) is 6.07 Å². The Kier molecular flexibility index (Phi) is 5.11. The number of carboxylic acid groups (broad SMARTS) is 1. The normalized spacial score (nSPS) is 10.8. The van der Waals surface area contributed by atoms with Crippen LogP contribution in [-0.2, 0) is 0 Å². The van der Waals surface area contributed by atoms with Crippen molar-refractivity contribution < 1.29 is 19.4 Å². The molecule has 0 saturated heterocycles. The lowest BCUT2D eigenvalue weighted by molar-refractivity contribution is 0.0698. The number of hydrogen-bond acceptors (Lipinski definition) is 4. The Balaban J connectivity index is 3.22. The number of aliphatic hydroxyl groups is 1. The molecule has 0 amide bonds. The summed E-state index contributed by atoms with van der Waals surface area (Å²) in [5.41, 5.74) is 5.46. The van der Waals surface area contributed by atoms with Crippen LogP contribution in [0, 0.1) is 5.82 Å². The van der Waals surface area contributed by atoms with Gasteiger partial charge in [-0.2, -0.15) is 0 Å². The highest BCUT2D eigenvalue weighted by atomic mass is 19.1. The first-order valence-corrected chi connectivity index (χ1v) is 6.08. The van der Waals surface area contributed by atoms with Gasteiger partial charge in [0, 0.05) is 24.9 Å². The molecule has 0 aliphatic rings. The lowest BCUT2D eigenvalue weighted by Crippen LogP contribution is -2.33. The second-order valence-electron chi connectivity index (χ2n) is 4.56. The first-order valence-electron chi connectivity index (χ1n) is 6.08. The molecular weight excluding hydrogens is 251 g/mol. The van der Waals surface area contributed by atoms with Crippen molar-refractivity contribution in [2.45, 2.75) is 26.3 Å². The lowest BCUT2D eigenvalue weighted by Gasteiger charge is -2.29. The minimum atomic E-state index is -1.19. The maximum absolute atomic E-state index is 14.0. The zero-order valence-electron chi connectivity index (χ0n) is 11.1. The van der Waals surface area contributed by atoms with Gasteiger partial charge in [-0.1, -0.05) is 0 Å². The monoisotopic (exact) mass is 270 g/mol. The Labute approximate surface area is 111 Å². The largest absolute Gasteiger partial charge is 0.478 e. The molecule has 0 atom stereocenters. The fourth-order valence-corrected chi connectivity index (χ4v) is 1.88. The SMILES string of the molecule is CC(C)N(CCCO)c1cc(C(=O)O)c(N)cc1F. The van der Waals surface area contributed by atoms with Gasteiger partial charge in [0.25, 0.3) is 0 Å². The number of anilines is 2. The van der Waals surface area contributed by atoms with Crippen LogP contribution in [0.25, 0.3) is 0 Å². The number of nitrogen functional groups attached to an aromatic ring is 1. The summed E-state index contributed by atoms with van der Waals surface area (Å²) in [6.45, 7) is 4.17. The molecule has 0 heterocycles. The number of carboxylic acids is 1. The summed E-state index contributed by atoms with van der Waals surface area (Å²) >= 11 is 0. The molecule has 106 valence electrons. The number of aliphatic hydroxyl groups excluding tert-OH is 1. The Morgan fingerprint density at radius 3 is 2.58 bits per heavy atom. The van der Waals surface area contributed by atoms with Crippen LogP contribution in [0.15, 0.2) is 12.1 Å². The van der Waals surface area contributed by atoms with E-state index in [4.69, 9.17) is 15.9 Å². The highest BCUT2D eigenvalue weighted by Crippen LogP contribution is 2.27. The number of nitrogens with two attached hydrogens (primary N) is 1. The van der Waals surface area contributed by atoms with E-state index in [0.29, 0.717) is 13.0 Å². The van der Waals surface area contributed by atoms with Crippen LogP contribution in [0.2, 0.25) is 0 Å². The van der Waals surface area contributed by atoms with Gasteiger partial charge in [0.2, 0.25) is 0 Å². The first kappa shape index (κ1) is 15.2. The van der Waals surface area contributed by atoms with Crippen LogP contribution in [-0.4, -0.2) is 35.4 Å². The molecule has 1 aromatic carbocycles. The average Bonchev–Trinajstić information content (AvgIpc) is 2.30. The van der Waals surface area contributed by atoms with E-state index in [1.807, 2.05) is 13.8 Å². The Morgan fingerprint density at radius 1 is 1.47 bits per heavy atom. The quantitative estimate of drug-likeness (QED) is 0.685. The maximum Gasteiger partial charge on any atom is 0.337 e.